The van der Waals surface area contributed by atoms with Gasteiger partial charge in [-0.15, -0.1) is 0 Å². The van der Waals surface area contributed by atoms with Gasteiger partial charge in [0.05, 0.1) is 6.61 Å². The molecule has 1 heteroatoms. The van der Waals surface area contributed by atoms with Crippen LogP contribution in [-0.4, -0.2) is 6.61 Å². The van der Waals surface area contributed by atoms with Crippen LogP contribution in [0.25, 0.3) is 11.1 Å². The van der Waals surface area contributed by atoms with Gasteiger partial charge >= 0.3 is 0 Å². The summed E-state index contributed by atoms with van der Waals surface area (Å²) in [6.07, 6.45) is 2.31. The quantitative estimate of drug-likeness (QED) is 0.667. The van der Waals surface area contributed by atoms with Gasteiger partial charge in [-0.3, -0.25) is 0 Å². The minimum absolute atomic E-state index is 0.699. The molecule has 0 radical (unpaired) electrons. The van der Waals surface area contributed by atoms with Crippen LogP contribution in [0.5, 0.6) is 0 Å². The minimum Gasteiger partial charge on any atom is -0.377 e. The Morgan fingerprint density at radius 2 is 1.61 bits per heavy atom. The smallest absolute Gasteiger partial charge is 0.0722 e. The molecule has 0 aliphatic heterocycles. The van der Waals surface area contributed by atoms with E-state index < -0.39 is 0 Å². The summed E-state index contributed by atoms with van der Waals surface area (Å²) in [7, 11) is 0. The van der Waals surface area contributed by atoms with E-state index in [1.807, 2.05) is 6.07 Å². The lowest BCUT2D eigenvalue weighted by molar-refractivity contribution is 0.118. The monoisotopic (exact) mass is 240 g/mol. The first-order valence-corrected chi connectivity index (χ1v) is 6.63. The Morgan fingerprint density at radius 1 is 0.889 bits per heavy atom. The highest BCUT2D eigenvalue weighted by molar-refractivity contribution is 5.66. The van der Waals surface area contributed by atoms with E-state index in [0.717, 1.165) is 13.0 Å². The number of unbranched alkanes of at least 4 members (excludes halogenated alkanes) is 1. The first kappa shape index (κ1) is 12.8. The molecule has 0 amide bonds. The average molecular weight is 240 g/mol. The van der Waals surface area contributed by atoms with E-state index in [4.69, 9.17) is 4.74 Å². The van der Waals surface area contributed by atoms with Crippen LogP contribution in [0.3, 0.4) is 0 Å². The van der Waals surface area contributed by atoms with Gasteiger partial charge in [0, 0.05) is 6.61 Å². The van der Waals surface area contributed by atoms with E-state index in [1.165, 1.54) is 23.1 Å². The fourth-order valence-corrected chi connectivity index (χ4v) is 1.97. The zero-order valence-corrected chi connectivity index (χ0v) is 10.9. The van der Waals surface area contributed by atoms with Gasteiger partial charge in [0.2, 0.25) is 0 Å². The number of hydrogen-bond acceptors (Lipinski definition) is 1. The molecule has 0 saturated carbocycles. The Bertz CT molecular complexity index is 462. The van der Waals surface area contributed by atoms with Gasteiger partial charge < -0.3 is 4.74 Å². The molecular formula is C17H20O. The maximum Gasteiger partial charge on any atom is 0.0722 e. The molecule has 0 aliphatic rings. The van der Waals surface area contributed by atoms with Crippen LogP contribution in [-0.2, 0) is 11.3 Å². The van der Waals surface area contributed by atoms with E-state index in [1.54, 1.807) is 0 Å². The van der Waals surface area contributed by atoms with Crippen LogP contribution in [0.15, 0.2) is 54.6 Å². The maximum absolute atomic E-state index is 5.72. The highest BCUT2D eigenvalue weighted by atomic mass is 16.5. The van der Waals surface area contributed by atoms with Gasteiger partial charge in [0.15, 0.2) is 0 Å². The van der Waals surface area contributed by atoms with Crippen LogP contribution in [0.1, 0.15) is 25.3 Å². The first-order valence-electron chi connectivity index (χ1n) is 6.63. The van der Waals surface area contributed by atoms with Gasteiger partial charge in [-0.2, -0.15) is 0 Å². The predicted molar refractivity (Wildman–Crippen MR) is 76.4 cm³/mol. The van der Waals surface area contributed by atoms with E-state index in [0.29, 0.717) is 6.61 Å². The molecule has 0 unspecified atom stereocenters. The molecule has 0 bridgehead atoms. The third-order valence-corrected chi connectivity index (χ3v) is 3.00. The van der Waals surface area contributed by atoms with Crippen molar-refractivity contribution in [2.75, 3.05) is 6.61 Å². The zero-order valence-electron chi connectivity index (χ0n) is 10.9. The Hall–Kier alpha value is -1.60. The largest absolute Gasteiger partial charge is 0.377 e. The summed E-state index contributed by atoms with van der Waals surface area (Å²) in [5, 5.41) is 0. The van der Waals surface area contributed by atoms with E-state index in [9.17, 15) is 0 Å². The minimum atomic E-state index is 0.699. The predicted octanol–water partition coefficient (Wildman–Crippen LogP) is 4.67. The lowest BCUT2D eigenvalue weighted by Gasteiger charge is -2.10. The molecular weight excluding hydrogens is 220 g/mol. The molecule has 0 aromatic heterocycles. The summed E-state index contributed by atoms with van der Waals surface area (Å²) in [6.45, 7) is 3.73. The molecule has 0 heterocycles. The van der Waals surface area contributed by atoms with Gasteiger partial charge in [-0.1, -0.05) is 67.9 Å². The van der Waals surface area contributed by atoms with Crippen LogP contribution < -0.4 is 0 Å². The summed E-state index contributed by atoms with van der Waals surface area (Å²) in [5.41, 5.74) is 3.79. The average Bonchev–Trinajstić information content (AvgIpc) is 2.45. The van der Waals surface area contributed by atoms with Crippen molar-refractivity contribution in [3.8, 4) is 11.1 Å². The van der Waals surface area contributed by atoms with E-state index >= 15 is 0 Å². The fourth-order valence-electron chi connectivity index (χ4n) is 1.97. The standard InChI is InChI=1S/C17H20O/c1-2-3-13-18-14-16-11-7-8-12-17(16)15-9-5-4-6-10-15/h4-12H,2-3,13-14H2,1H3. The summed E-state index contributed by atoms with van der Waals surface area (Å²) < 4.78 is 5.72. The van der Waals surface area contributed by atoms with Crippen molar-refractivity contribution >= 4 is 0 Å². The maximum atomic E-state index is 5.72. The molecule has 1 nitrogen and oxygen atoms in total. The van der Waals surface area contributed by atoms with Crippen LogP contribution in [0.4, 0.5) is 0 Å². The third-order valence-electron chi connectivity index (χ3n) is 3.00. The Kier molecular flexibility index (Phi) is 4.98. The molecule has 2 rings (SSSR count). The summed E-state index contributed by atoms with van der Waals surface area (Å²) in [6, 6.07) is 18.9. The zero-order chi connectivity index (χ0) is 12.6. The SMILES string of the molecule is CCCCOCc1ccccc1-c1ccccc1. The molecule has 18 heavy (non-hydrogen) atoms. The van der Waals surface area contributed by atoms with Crippen molar-refractivity contribution in [1.82, 2.24) is 0 Å². The molecule has 2 aromatic carbocycles. The van der Waals surface area contributed by atoms with Gasteiger partial charge in [-0.25, -0.2) is 0 Å². The normalized spacial score (nSPS) is 10.5. The van der Waals surface area contributed by atoms with Crippen LogP contribution >= 0.6 is 0 Å². The van der Waals surface area contributed by atoms with Gasteiger partial charge in [-0.05, 0) is 23.1 Å². The number of rotatable bonds is 6. The lowest BCUT2D eigenvalue weighted by Crippen LogP contribution is -1.97. The van der Waals surface area contributed by atoms with E-state index in [2.05, 4.69) is 55.5 Å². The number of ether oxygens (including phenoxy) is 1. The van der Waals surface area contributed by atoms with Crippen molar-refractivity contribution < 1.29 is 4.74 Å². The fraction of sp³-hybridized carbons (Fsp3) is 0.294. The highest BCUT2D eigenvalue weighted by Crippen LogP contribution is 2.23. The second-order valence-electron chi connectivity index (χ2n) is 4.43. The van der Waals surface area contributed by atoms with Crippen molar-refractivity contribution in [1.29, 1.82) is 0 Å². The summed E-state index contributed by atoms with van der Waals surface area (Å²) in [5.74, 6) is 0. The second-order valence-corrected chi connectivity index (χ2v) is 4.43. The van der Waals surface area contributed by atoms with Crippen molar-refractivity contribution in [3.63, 3.8) is 0 Å². The highest BCUT2D eigenvalue weighted by Gasteiger charge is 2.03. The lowest BCUT2D eigenvalue weighted by atomic mass is 10.0. The molecule has 94 valence electrons. The van der Waals surface area contributed by atoms with E-state index in [-0.39, 0.29) is 0 Å². The first-order chi connectivity index (χ1) is 8.92. The molecule has 0 N–H and O–H groups in total. The number of benzene rings is 2. The number of hydrogen-bond donors (Lipinski definition) is 0. The Morgan fingerprint density at radius 3 is 2.39 bits per heavy atom. The van der Waals surface area contributed by atoms with Crippen LogP contribution in [0, 0.1) is 0 Å². The second kappa shape index (κ2) is 6.97. The summed E-state index contributed by atoms with van der Waals surface area (Å²) >= 11 is 0. The van der Waals surface area contributed by atoms with Crippen molar-refractivity contribution in [2.24, 2.45) is 0 Å². The third kappa shape index (κ3) is 3.44. The molecule has 0 saturated heterocycles. The molecule has 2 aromatic rings. The van der Waals surface area contributed by atoms with Crippen molar-refractivity contribution in [2.45, 2.75) is 26.4 Å². The van der Waals surface area contributed by atoms with Gasteiger partial charge in [0.25, 0.3) is 0 Å². The van der Waals surface area contributed by atoms with Crippen LogP contribution in [0.2, 0.25) is 0 Å². The molecule has 0 fully saturated rings. The molecule has 0 spiro atoms. The van der Waals surface area contributed by atoms with Gasteiger partial charge in [0.1, 0.15) is 0 Å². The Balaban J connectivity index is 2.11. The Labute approximate surface area is 109 Å². The summed E-state index contributed by atoms with van der Waals surface area (Å²) in [4.78, 5) is 0. The molecule has 0 aliphatic carbocycles. The van der Waals surface area contributed by atoms with Crippen molar-refractivity contribution in [3.05, 3.63) is 60.2 Å². The molecule has 0 atom stereocenters. The topological polar surface area (TPSA) is 9.23 Å².